The Labute approximate surface area is 133 Å². The number of benzene rings is 1. The lowest BCUT2D eigenvalue weighted by atomic mass is 10.2. The number of rotatable bonds is 7. The summed E-state index contributed by atoms with van der Waals surface area (Å²) in [6.45, 7) is 0.449. The molecule has 0 saturated heterocycles. The molecule has 0 bridgehead atoms. The van der Waals surface area contributed by atoms with Gasteiger partial charge in [-0.25, -0.2) is 0 Å². The number of hydrogen-bond acceptors (Lipinski definition) is 5. The molecule has 1 aromatic carbocycles. The number of nitro benzene ring substituents is 1. The van der Waals surface area contributed by atoms with Crippen molar-refractivity contribution in [3.8, 4) is 0 Å². The third kappa shape index (κ3) is 4.66. The van der Waals surface area contributed by atoms with Gasteiger partial charge < -0.3 is 10.4 Å². The van der Waals surface area contributed by atoms with Gasteiger partial charge in [0.25, 0.3) is 5.69 Å². The summed E-state index contributed by atoms with van der Waals surface area (Å²) in [5.74, 6) is -0.0428. The number of carbonyl (C=O) groups excluding carboxylic acids is 1. The second-order valence-electron chi connectivity index (χ2n) is 5.57. The maximum absolute atomic E-state index is 12.0. The van der Waals surface area contributed by atoms with E-state index in [0.29, 0.717) is 12.5 Å². The Morgan fingerprint density at radius 1 is 1.59 bits per heavy atom. The standard InChI is InChI=1S/C14H18ClN3O4/c1-17(7-13(19)9-2-3-9)8-14(20)16-11-5-4-10(15)6-12(11)18(21)22/h4-6,9,13,19H,2-3,7-8H2,1H3,(H,16,20). The van der Waals surface area contributed by atoms with Crippen molar-refractivity contribution in [1.82, 2.24) is 4.90 Å². The van der Waals surface area contributed by atoms with Gasteiger partial charge >= 0.3 is 0 Å². The average molecular weight is 328 g/mol. The molecule has 1 aliphatic carbocycles. The van der Waals surface area contributed by atoms with Gasteiger partial charge in [-0.15, -0.1) is 0 Å². The molecule has 1 unspecified atom stereocenters. The van der Waals surface area contributed by atoms with Crippen molar-refractivity contribution >= 4 is 28.9 Å². The third-order valence-electron chi connectivity index (χ3n) is 3.51. The van der Waals surface area contributed by atoms with Crippen LogP contribution in [0, 0.1) is 16.0 Å². The number of aliphatic hydroxyl groups is 1. The highest BCUT2D eigenvalue weighted by atomic mass is 35.5. The lowest BCUT2D eigenvalue weighted by Crippen LogP contribution is -2.36. The highest BCUT2D eigenvalue weighted by molar-refractivity contribution is 6.31. The first-order valence-corrected chi connectivity index (χ1v) is 7.35. The summed E-state index contributed by atoms with van der Waals surface area (Å²) < 4.78 is 0. The molecule has 1 fully saturated rings. The first kappa shape index (κ1) is 16.7. The lowest BCUT2D eigenvalue weighted by molar-refractivity contribution is -0.383. The Balaban J connectivity index is 1.92. The molecule has 0 spiro atoms. The third-order valence-corrected chi connectivity index (χ3v) is 3.74. The number of hydrogen-bond donors (Lipinski definition) is 2. The van der Waals surface area contributed by atoms with Crippen LogP contribution in [0.4, 0.5) is 11.4 Å². The fraction of sp³-hybridized carbons (Fsp3) is 0.500. The Hall–Kier alpha value is -1.70. The molecular weight excluding hydrogens is 310 g/mol. The number of halogens is 1. The Morgan fingerprint density at radius 3 is 2.86 bits per heavy atom. The van der Waals surface area contributed by atoms with Crippen LogP contribution in [0.25, 0.3) is 0 Å². The van der Waals surface area contributed by atoms with E-state index in [1.54, 1.807) is 11.9 Å². The normalized spacial score (nSPS) is 15.6. The molecule has 0 heterocycles. The van der Waals surface area contributed by atoms with E-state index in [-0.39, 0.29) is 28.8 Å². The molecule has 7 nitrogen and oxygen atoms in total. The summed E-state index contributed by atoms with van der Waals surface area (Å²) in [5.41, 5.74) is -0.142. The number of nitrogens with zero attached hydrogens (tertiary/aromatic N) is 2. The van der Waals surface area contributed by atoms with E-state index in [9.17, 15) is 20.0 Å². The molecule has 1 atom stereocenters. The van der Waals surface area contributed by atoms with Crippen molar-refractivity contribution < 1.29 is 14.8 Å². The van der Waals surface area contributed by atoms with Crippen LogP contribution in [0.5, 0.6) is 0 Å². The van der Waals surface area contributed by atoms with Crippen molar-refractivity contribution in [2.75, 3.05) is 25.5 Å². The van der Waals surface area contributed by atoms with Crippen molar-refractivity contribution in [1.29, 1.82) is 0 Å². The second kappa shape index (κ2) is 7.04. The molecule has 0 aromatic heterocycles. The summed E-state index contributed by atoms with van der Waals surface area (Å²) >= 11 is 5.72. The number of amides is 1. The van der Waals surface area contributed by atoms with Crippen LogP contribution in [0.15, 0.2) is 18.2 Å². The Bertz CT molecular complexity index is 577. The molecule has 0 radical (unpaired) electrons. The smallest absolute Gasteiger partial charge is 0.294 e. The van der Waals surface area contributed by atoms with Crippen LogP contribution in [-0.4, -0.2) is 47.1 Å². The molecule has 1 aliphatic rings. The minimum atomic E-state index is -0.595. The van der Waals surface area contributed by atoms with Crippen molar-refractivity contribution in [3.63, 3.8) is 0 Å². The van der Waals surface area contributed by atoms with Crippen molar-refractivity contribution in [2.24, 2.45) is 5.92 Å². The molecule has 1 amide bonds. The van der Waals surface area contributed by atoms with E-state index in [4.69, 9.17) is 11.6 Å². The van der Waals surface area contributed by atoms with Gasteiger partial charge in [-0.3, -0.25) is 19.8 Å². The van der Waals surface area contributed by atoms with Gasteiger partial charge in [0.15, 0.2) is 0 Å². The van der Waals surface area contributed by atoms with Gasteiger partial charge in [0.2, 0.25) is 5.91 Å². The molecule has 2 N–H and O–H groups in total. The lowest BCUT2D eigenvalue weighted by Gasteiger charge is -2.19. The van der Waals surface area contributed by atoms with E-state index in [2.05, 4.69) is 5.32 Å². The zero-order valence-electron chi connectivity index (χ0n) is 12.2. The number of aliphatic hydroxyl groups excluding tert-OH is 1. The number of carbonyl (C=O) groups is 1. The van der Waals surface area contributed by atoms with E-state index >= 15 is 0 Å². The first-order valence-electron chi connectivity index (χ1n) is 6.97. The topological polar surface area (TPSA) is 95.7 Å². The first-order chi connectivity index (χ1) is 10.4. The maximum atomic E-state index is 12.0. The number of likely N-dealkylation sites (N-methyl/N-ethyl adjacent to an activating group) is 1. The quantitative estimate of drug-likeness (QED) is 0.589. The van der Waals surface area contributed by atoms with Gasteiger partial charge in [0.05, 0.1) is 17.6 Å². The maximum Gasteiger partial charge on any atom is 0.294 e. The van der Waals surface area contributed by atoms with Gasteiger partial charge in [0.1, 0.15) is 5.69 Å². The molecule has 22 heavy (non-hydrogen) atoms. The largest absolute Gasteiger partial charge is 0.392 e. The molecular formula is C14H18ClN3O4. The molecule has 1 aromatic rings. The fourth-order valence-electron chi connectivity index (χ4n) is 2.21. The van der Waals surface area contributed by atoms with E-state index in [1.807, 2.05) is 0 Å². The minimum Gasteiger partial charge on any atom is -0.392 e. The highest BCUT2D eigenvalue weighted by Gasteiger charge is 2.30. The molecule has 120 valence electrons. The van der Waals surface area contributed by atoms with Gasteiger partial charge in [-0.05, 0) is 37.9 Å². The van der Waals surface area contributed by atoms with Crippen LogP contribution < -0.4 is 5.32 Å². The number of nitro groups is 1. The van der Waals surface area contributed by atoms with Crippen LogP contribution in [0.3, 0.4) is 0 Å². The summed E-state index contributed by atoms with van der Waals surface area (Å²) in [4.78, 5) is 24.0. The van der Waals surface area contributed by atoms with Gasteiger partial charge in [-0.2, -0.15) is 0 Å². The summed E-state index contributed by atoms with van der Waals surface area (Å²) in [5, 5.41) is 23.5. The van der Waals surface area contributed by atoms with Crippen LogP contribution in [-0.2, 0) is 4.79 Å². The highest BCUT2D eigenvalue weighted by Crippen LogP contribution is 2.32. The van der Waals surface area contributed by atoms with Crippen molar-refractivity contribution in [2.45, 2.75) is 18.9 Å². The predicted molar refractivity (Wildman–Crippen MR) is 83.0 cm³/mol. The average Bonchev–Trinajstić information content (AvgIpc) is 3.24. The van der Waals surface area contributed by atoms with Crippen LogP contribution >= 0.6 is 11.6 Å². The van der Waals surface area contributed by atoms with E-state index in [1.165, 1.54) is 18.2 Å². The second-order valence-corrected chi connectivity index (χ2v) is 6.00. The molecule has 0 aliphatic heterocycles. The van der Waals surface area contributed by atoms with Gasteiger partial charge in [-0.1, -0.05) is 11.6 Å². The number of anilines is 1. The Morgan fingerprint density at radius 2 is 2.27 bits per heavy atom. The fourth-order valence-corrected chi connectivity index (χ4v) is 2.38. The molecule has 2 rings (SSSR count). The summed E-state index contributed by atoms with van der Waals surface area (Å²) in [6, 6.07) is 4.07. The van der Waals surface area contributed by atoms with Crippen LogP contribution in [0.2, 0.25) is 5.02 Å². The zero-order chi connectivity index (χ0) is 16.3. The Kier molecular flexibility index (Phi) is 5.33. The SMILES string of the molecule is CN(CC(=O)Nc1ccc(Cl)cc1[N+](=O)[O-])CC(O)C1CC1. The van der Waals surface area contributed by atoms with E-state index in [0.717, 1.165) is 12.8 Å². The molecule has 8 heteroatoms. The summed E-state index contributed by atoms with van der Waals surface area (Å²) in [6.07, 6.45) is 1.62. The van der Waals surface area contributed by atoms with Gasteiger partial charge in [0, 0.05) is 17.6 Å². The minimum absolute atomic E-state index is 0.0452. The zero-order valence-corrected chi connectivity index (χ0v) is 12.9. The molecule has 1 saturated carbocycles. The van der Waals surface area contributed by atoms with Crippen LogP contribution in [0.1, 0.15) is 12.8 Å². The number of nitrogens with one attached hydrogen (secondary N) is 1. The van der Waals surface area contributed by atoms with Crippen molar-refractivity contribution in [3.05, 3.63) is 33.3 Å². The summed E-state index contributed by atoms with van der Waals surface area (Å²) in [7, 11) is 1.72. The predicted octanol–water partition coefficient (Wildman–Crippen LogP) is 1.89. The van der Waals surface area contributed by atoms with E-state index < -0.39 is 11.0 Å². The monoisotopic (exact) mass is 327 g/mol.